The lowest BCUT2D eigenvalue weighted by Crippen LogP contribution is -2.59. The molecule has 4 saturated carbocycles. The number of nitrogens with one attached hydrogen (secondary N) is 7. The fourth-order valence-electron chi connectivity index (χ4n) is 11.2. The second kappa shape index (κ2) is 19.1. The molecule has 4 aliphatic rings. The monoisotopic (exact) mass is 998 g/mol. The van der Waals surface area contributed by atoms with Crippen LogP contribution in [0.3, 0.4) is 0 Å². The molecule has 0 radical (unpaired) electrons. The molecule has 4 aliphatic carbocycles. The number of hydrogen-bond donors (Lipinski definition) is 8. The lowest BCUT2D eigenvalue weighted by Gasteiger charge is -2.57. The van der Waals surface area contributed by atoms with Gasteiger partial charge in [-0.1, -0.05) is 66.2 Å². The van der Waals surface area contributed by atoms with Gasteiger partial charge in [-0.3, -0.25) is 14.4 Å². The molecular weight excluding hydrogens is 948 g/mol. The van der Waals surface area contributed by atoms with Gasteiger partial charge >= 0.3 is 0 Å². The van der Waals surface area contributed by atoms with E-state index in [0.717, 1.165) is 90.0 Å². The van der Waals surface area contributed by atoms with Crippen molar-refractivity contribution in [3.63, 3.8) is 0 Å². The van der Waals surface area contributed by atoms with Gasteiger partial charge in [0.15, 0.2) is 0 Å². The Bertz CT molecular complexity index is 3350. The van der Waals surface area contributed by atoms with Crippen molar-refractivity contribution < 1.29 is 14.4 Å². The molecule has 364 valence electrons. The summed E-state index contributed by atoms with van der Waals surface area (Å²) in [7, 11) is 0. The molecule has 3 amide bonds. The number of para-hydroxylation sites is 2. The molecule has 0 bridgehead atoms. The minimum Gasteiger partial charge on any atom is -0.399 e. The molecule has 72 heavy (non-hydrogen) atoms. The minimum atomic E-state index is -0.285. The molecule has 4 aromatic heterocycles. The molecule has 4 fully saturated rings. The van der Waals surface area contributed by atoms with Crippen molar-refractivity contribution >= 4 is 86.0 Å². The topological polar surface area (TPSA) is 221 Å². The molecule has 4 aromatic carbocycles. The number of hydrogen-bond acceptors (Lipinski definition) is 10. The van der Waals surface area contributed by atoms with Crippen LogP contribution in [-0.4, -0.2) is 71.8 Å². The van der Waals surface area contributed by atoms with E-state index in [-0.39, 0.29) is 35.2 Å². The number of benzene rings is 4. The summed E-state index contributed by atoms with van der Waals surface area (Å²) < 4.78 is 0. The van der Waals surface area contributed by atoms with Crippen molar-refractivity contribution in [3.05, 3.63) is 156 Å². The molecule has 0 unspecified atom stereocenters. The van der Waals surface area contributed by atoms with Crippen LogP contribution in [0.5, 0.6) is 0 Å². The second-order valence-electron chi connectivity index (χ2n) is 19.8. The molecule has 0 atom stereocenters. The largest absolute Gasteiger partial charge is 0.399 e. The Kier molecular flexibility index (Phi) is 12.4. The van der Waals surface area contributed by atoms with Crippen molar-refractivity contribution in [2.24, 2.45) is 10.8 Å². The maximum absolute atomic E-state index is 12.6. The molecule has 17 heteroatoms. The Hall–Kier alpha value is -7.75. The Balaban J connectivity index is 0.000000157. The molecule has 4 heterocycles. The number of aromatic nitrogens is 6. The van der Waals surface area contributed by atoms with Crippen molar-refractivity contribution in [2.75, 3.05) is 21.7 Å². The van der Waals surface area contributed by atoms with E-state index in [2.05, 4.69) is 59.2 Å². The summed E-state index contributed by atoms with van der Waals surface area (Å²) in [4.78, 5) is 61.3. The number of nitrogen functional groups attached to an aromatic ring is 1. The summed E-state index contributed by atoms with van der Waals surface area (Å²) in [6, 6.07) is 31.0. The quantitative estimate of drug-likeness (QED) is 0.0427. The Morgan fingerprint density at radius 3 is 1.46 bits per heavy atom. The van der Waals surface area contributed by atoms with Crippen LogP contribution in [0, 0.1) is 10.8 Å². The summed E-state index contributed by atoms with van der Waals surface area (Å²) >= 11 is 12.9. The van der Waals surface area contributed by atoms with E-state index in [0.29, 0.717) is 67.6 Å². The van der Waals surface area contributed by atoms with Gasteiger partial charge in [0.25, 0.3) is 11.8 Å². The highest BCUT2D eigenvalue weighted by molar-refractivity contribution is 6.33. The number of halogens is 2. The highest BCUT2D eigenvalue weighted by atomic mass is 35.5. The van der Waals surface area contributed by atoms with Gasteiger partial charge in [-0.15, -0.1) is 0 Å². The van der Waals surface area contributed by atoms with E-state index in [9.17, 15) is 14.4 Å². The zero-order chi connectivity index (χ0) is 49.6. The fraction of sp³-hybridized carbons (Fsp3) is 0.255. The second-order valence-corrected chi connectivity index (χ2v) is 20.6. The van der Waals surface area contributed by atoms with Gasteiger partial charge in [-0.25, -0.2) is 19.9 Å². The Morgan fingerprint density at radius 1 is 0.597 bits per heavy atom. The summed E-state index contributed by atoms with van der Waals surface area (Å²) in [6.45, 7) is 3.43. The third kappa shape index (κ3) is 9.57. The molecule has 0 saturated heterocycles. The van der Waals surface area contributed by atoms with E-state index < -0.39 is 0 Å². The first-order valence-corrected chi connectivity index (χ1v) is 24.9. The van der Waals surface area contributed by atoms with Crippen molar-refractivity contribution in [3.8, 4) is 22.5 Å². The van der Waals surface area contributed by atoms with E-state index in [1.165, 1.54) is 6.08 Å². The highest BCUT2D eigenvalue weighted by Gasteiger charge is 2.54. The van der Waals surface area contributed by atoms with Crippen LogP contribution in [0.1, 0.15) is 72.1 Å². The standard InChI is InChI=1S/C29H27ClN6O2.C26H25ClN6O/c1-2-25(37)33-18-9-7-17(8-10-18)27(38)34-19-11-29(12-19)13-20(14-29)35-28-32-16-23(30)26(36-28)22-15-31-24-6-4-3-5-21(22)24;27-21-14-30-25(33-23(21)20-13-29-22-4-2-1-3-19(20)22)32-18-11-26(12-18)9-17(10-26)31-24(34)15-5-7-16(28)8-6-15/h2-10,15-16,19-20,31H,1,11-14H2,(H,33,37)(H,34,38)(H,32,35,36);1-8,13-14,17-18,29H,9-12,28H2,(H,31,34)(H,30,32,33). The predicted octanol–water partition coefficient (Wildman–Crippen LogP) is 10.6. The number of nitrogens with zero attached hydrogens (tertiary/aromatic N) is 4. The number of anilines is 4. The molecule has 0 aliphatic heterocycles. The number of nitrogens with two attached hydrogens (primary N) is 1. The van der Waals surface area contributed by atoms with Gasteiger partial charge in [0.05, 0.1) is 33.8 Å². The lowest BCUT2D eigenvalue weighted by molar-refractivity contribution is -0.111. The van der Waals surface area contributed by atoms with E-state index >= 15 is 0 Å². The summed E-state index contributed by atoms with van der Waals surface area (Å²) in [5, 5.41) is 19.1. The zero-order valence-corrected chi connectivity index (χ0v) is 40.7. The number of fused-ring (bicyclic) bond motifs is 2. The smallest absolute Gasteiger partial charge is 0.251 e. The summed E-state index contributed by atoms with van der Waals surface area (Å²) in [6.07, 6.45) is 16.5. The number of rotatable bonds is 12. The average Bonchev–Trinajstić information content (AvgIpc) is 3.98. The third-order valence-electron chi connectivity index (χ3n) is 14.7. The van der Waals surface area contributed by atoms with Crippen LogP contribution in [0.4, 0.5) is 23.3 Å². The van der Waals surface area contributed by atoms with Crippen molar-refractivity contribution in [2.45, 2.75) is 75.5 Å². The van der Waals surface area contributed by atoms with Crippen LogP contribution in [-0.2, 0) is 4.79 Å². The van der Waals surface area contributed by atoms with Crippen molar-refractivity contribution in [1.29, 1.82) is 0 Å². The maximum atomic E-state index is 12.6. The lowest BCUT2D eigenvalue weighted by atomic mass is 9.52. The van der Waals surface area contributed by atoms with Crippen LogP contribution >= 0.6 is 23.2 Å². The van der Waals surface area contributed by atoms with E-state index in [1.54, 1.807) is 60.9 Å². The summed E-state index contributed by atoms with van der Waals surface area (Å²) in [5.74, 6) is 0.754. The highest BCUT2D eigenvalue weighted by Crippen LogP contribution is 2.57. The zero-order valence-electron chi connectivity index (χ0n) is 39.1. The predicted molar refractivity (Wildman–Crippen MR) is 284 cm³/mol. The first-order chi connectivity index (χ1) is 34.9. The van der Waals surface area contributed by atoms with Crippen LogP contribution in [0.25, 0.3) is 44.3 Å². The van der Waals surface area contributed by atoms with Crippen LogP contribution in [0.15, 0.2) is 135 Å². The summed E-state index contributed by atoms with van der Waals surface area (Å²) in [5.41, 5.74) is 14.2. The van der Waals surface area contributed by atoms with Gasteiger partial charge in [0, 0.05) is 92.0 Å². The molecule has 15 nitrogen and oxygen atoms in total. The molecule has 8 aromatic rings. The van der Waals surface area contributed by atoms with Gasteiger partial charge in [0.2, 0.25) is 17.8 Å². The number of carbonyl (C=O) groups is 3. The number of amides is 3. The Labute approximate surface area is 425 Å². The van der Waals surface area contributed by atoms with Crippen molar-refractivity contribution in [1.82, 2.24) is 40.5 Å². The fourth-order valence-corrected chi connectivity index (χ4v) is 11.6. The SMILES string of the molecule is C=CC(=O)Nc1ccc(C(=O)NC2CC3(C2)CC(Nc2ncc(Cl)c(-c4c[nH]c5ccccc45)n2)C3)cc1.Nc1ccc(C(=O)NC2CC3(C2)CC(Nc2ncc(Cl)c(-c4c[nH]c5ccccc45)n2)C3)cc1. The number of carbonyl (C=O) groups excluding carboxylic acids is 3. The van der Waals surface area contributed by atoms with Gasteiger partial charge < -0.3 is 42.3 Å². The molecule has 12 rings (SSSR count). The molecule has 2 spiro atoms. The number of H-pyrrole nitrogens is 2. The minimum absolute atomic E-state index is 0.0341. The van der Waals surface area contributed by atoms with Gasteiger partial charge in [-0.2, -0.15) is 0 Å². The first kappa shape index (κ1) is 46.6. The van der Waals surface area contributed by atoms with Crippen LogP contribution < -0.4 is 32.3 Å². The average molecular weight is 1000 g/mol. The van der Waals surface area contributed by atoms with E-state index in [4.69, 9.17) is 38.9 Å². The van der Waals surface area contributed by atoms with Gasteiger partial charge in [-0.05, 0) is 129 Å². The molecule has 9 N–H and O–H groups in total. The maximum Gasteiger partial charge on any atom is 0.251 e. The Morgan fingerprint density at radius 2 is 1.01 bits per heavy atom. The molecular formula is C55H52Cl2N12O3. The third-order valence-corrected chi connectivity index (χ3v) is 15.3. The van der Waals surface area contributed by atoms with Crippen LogP contribution in [0.2, 0.25) is 10.0 Å². The first-order valence-electron chi connectivity index (χ1n) is 24.1. The normalized spacial score (nSPS) is 22.5. The number of aromatic amines is 2. The van der Waals surface area contributed by atoms with Gasteiger partial charge in [0.1, 0.15) is 0 Å². The van der Waals surface area contributed by atoms with E-state index in [1.807, 2.05) is 54.9 Å².